The lowest BCUT2D eigenvalue weighted by Gasteiger charge is -2.23. The summed E-state index contributed by atoms with van der Waals surface area (Å²) in [4.78, 5) is 11.4. The van der Waals surface area contributed by atoms with Gasteiger partial charge in [0.25, 0.3) is 5.56 Å². The van der Waals surface area contributed by atoms with E-state index in [1.54, 1.807) is 10.7 Å². The summed E-state index contributed by atoms with van der Waals surface area (Å²) in [6.45, 7) is 2.13. The highest BCUT2D eigenvalue weighted by Gasteiger charge is 2.19. The van der Waals surface area contributed by atoms with E-state index in [9.17, 15) is 4.79 Å². The first-order valence-electron chi connectivity index (χ1n) is 5.14. The molecule has 1 aliphatic rings. The molecule has 2 heterocycles. The van der Waals surface area contributed by atoms with Gasteiger partial charge in [-0.1, -0.05) is 0 Å². The second kappa shape index (κ2) is 3.61. The van der Waals surface area contributed by atoms with Crippen molar-refractivity contribution in [1.29, 1.82) is 0 Å². The van der Waals surface area contributed by atoms with Crippen molar-refractivity contribution in [1.82, 2.24) is 14.7 Å². The normalized spacial score (nSPS) is 18.7. The van der Waals surface area contributed by atoms with Crippen LogP contribution in [0.25, 0.3) is 0 Å². The van der Waals surface area contributed by atoms with E-state index in [4.69, 9.17) is 0 Å². The van der Waals surface area contributed by atoms with E-state index in [0.29, 0.717) is 5.92 Å². The first-order chi connectivity index (χ1) is 6.70. The molecule has 0 spiro atoms. The van der Waals surface area contributed by atoms with E-state index in [1.165, 1.54) is 5.69 Å². The summed E-state index contributed by atoms with van der Waals surface area (Å²) >= 11 is 0. The van der Waals surface area contributed by atoms with Crippen molar-refractivity contribution in [3.63, 3.8) is 0 Å². The summed E-state index contributed by atoms with van der Waals surface area (Å²) in [5, 5.41) is 3.33. The van der Waals surface area contributed by atoms with Crippen molar-refractivity contribution in [3.05, 3.63) is 22.1 Å². The maximum Gasteiger partial charge on any atom is 0.266 e. The Balaban J connectivity index is 2.30. The van der Waals surface area contributed by atoms with Crippen LogP contribution in [0.1, 0.15) is 24.5 Å². The van der Waals surface area contributed by atoms with Gasteiger partial charge in [-0.05, 0) is 25.9 Å². The molecule has 0 bridgehead atoms. The van der Waals surface area contributed by atoms with E-state index in [0.717, 1.165) is 25.9 Å². The molecular formula is C10H17N3O. The number of aromatic nitrogens is 2. The molecule has 0 aromatic carbocycles. The van der Waals surface area contributed by atoms with Gasteiger partial charge in [0.15, 0.2) is 0 Å². The van der Waals surface area contributed by atoms with Crippen molar-refractivity contribution < 1.29 is 0 Å². The molecule has 1 aromatic rings. The Morgan fingerprint density at radius 1 is 1.29 bits per heavy atom. The van der Waals surface area contributed by atoms with Crippen molar-refractivity contribution in [3.8, 4) is 0 Å². The van der Waals surface area contributed by atoms with E-state index in [2.05, 4.69) is 5.32 Å². The summed E-state index contributed by atoms with van der Waals surface area (Å²) in [5.41, 5.74) is 1.28. The van der Waals surface area contributed by atoms with Crippen LogP contribution in [0.15, 0.2) is 10.9 Å². The van der Waals surface area contributed by atoms with E-state index >= 15 is 0 Å². The maximum atomic E-state index is 11.4. The van der Waals surface area contributed by atoms with Crippen LogP contribution in [0.2, 0.25) is 0 Å². The van der Waals surface area contributed by atoms with Crippen LogP contribution in [-0.2, 0) is 14.1 Å². The third-order valence-corrected chi connectivity index (χ3v) is 3.17. The van der Waals surface area contributed by atoms with Gasteiger partial charge >= 0.3 is 0 Å². The molecule has 2 rings (SSSR count). The Bertz CT molecular complexity index is 371. The molecule has 78 valence electrons. The maximum absolute atomic E-state index is 11.4. The van der Waals surface area contributed by atoms with Crippen LogP contribution in [0.4, 0.5) is 0 Å². The molecule has 0 unspecified atom stereocenters. The zero-order valence-electron chi connectivity index (χ0n) is 8.79. The third-order valence-electron chi connectivity index (χ3n) is 3.17. The van der Waals surface area contributed by atoms with Crippen molar-refractivity contribution in [2.24, 2.45) is 14.1 Å². The zero-order valence-corrected chi connectivity index (χ0v) is 8.79. The Kier molecular flexibility index (Phi) is 2.46. The van der Waals surface area contributed by atoms with Gasteiger partial charge in [0.1, 0.15) is 0 Å². The molecule has 0 atom stereocenters. The second-order valence-corrected chi connectivity index (χ2v) is 3.98. The molecule has 0 saturated carbocycles. The molecule has 1 N–H and O–H groups in total. The van der Waals surface area contributed by atoms with Gasteiger partial charge in [0, 0.05) is 31.8 Å². The number of nitrogens with zero attached hydrogens (tertiary/aromatic N) is 2. The Labute approximate surface area is 83.5 Å². The zero-order chi connectivity index (χ0) is 10.1. The number of rotatable bonds is 1. The van der Waals surface area contributed by atoms with E-state index < -0.39 is 0 Å². The summed E-state index contributed by atoms with van der Waals surface area (Å²) in [6.07, 6.45) is 2.27. The lowest BCUT2D eigenvalue weighted by Crippen LogP contribution is -2.28. The lowest BCUT2D eigenvalue weighted by atomic mass is 9.95. The van der Waals surface area contributed by atoms with Crippen LogP contribution in [0.5, 0.6) is 0 Å². The minimum absolute atomic E-state index is 0.0982. The lowest BCUT2D eigenvalue weighted by molar-refractivity contribution is 0.427. The molecule has 14 heavy (non-hydrogen) atoms. The average molecular weight is 195 g/mol. The minimum Gasteiger partial charge on any atom is -0.317 e. The van der Waals surface area contributed by atoms with E-state index in [1.807, 2.05) is 18.8 Å². The molecule has 1 aliphatic heterocycles. The summed E-state index contributed by atoms with van der Waals surface area (Å²) in [5.74, 6) is 0.551. The molecule has 1 fully saturated rings. The fourth-order valence-corrected chi connectivity index (χ4v) is 2.13. The molecule has 4 nitrogen and oxygen atoms in total. The fourth-order valence-electron chi connectivity index (χ4n) is 2.13. The highest BCUT2D eigenvalue weighted by Crippen LogP contribution is 2.23. The smallest absolute Gasteiger partial charge is 0.266 e. The van der Waals surface area contributed by atoms with Gasteiger partial charge < -0.3 is 5.32 Å². The first kappa shape index (κ1) is 9.52. The predicted octanol–water partition coefficient (Wildman–Crippen LogP) is 0.191. The summed E-state index contributed by atoms with van der Waals surface area (Å²) in [6, 6.07) is 1.77. The number of piperidine rings is 1. The Hall–Kier alpha value is -1.03. The van der Waals surface area contributed by atoms with Crippen molar-refractivity contribution in [2.45, 2.75) is 18.8 Å². The average Bonchev–Trinajstić information content (AvgIpc) is 2.47. The van der Waals surface area contributed by atoms with Crippen molar-refractivity contribution >= 4 is 0 Å². The number of hydrogen-bond donors (Lipinski definition) is 1. The molecule has 0 amide bonds. The van der Waals surface area contributed by atoms with E-state index in [-0.39, 0.29) is 5.56 Å². The molecule has 1 aromatic heterocycles. The van der Waals surface area contributed by atoms with Gasteiger partial charge in [0.2, 0.25) is 0 Å². The van der Waals surface area contributed by atoms with Gasteiger partial charge in [-0.15, -0.1) is 0 Å². The molecule has 0 aliphatic carbocycles. The predicted molar refractivity (Wildman–Crippen MR) is 55.5 cm³/mol. The standard InChI is InChI=1S/C10H17N3O/c1-12-9(7-10(14)13(12)2)8-3-5-11-6-4-8/h7-8,11H,3-6H2,1-2H3. The number of hydrogen-bond acceptors (Lipinski definition) is 2. The Morgan fingerprint density at radius 3 is 2.43 bits per heavy atom. The Morgan fingerprint density at radius 2 is 1.93 bits per heavy atom. The quantitative estimate of drug-likeness (QED) is 0.695. The topological polar surface area (TPSA) is 39.0 Å². The van der Waals surface area contributed by atoms with Crippen LogP contribution in [-0.4, -0.2) is 22.5 Å². The fraction of sp³-hybridized carbons (Fsp3) is 0.700. The number of nitrogens with one attached hydrogen (secondary N) is 1. The first-order valence-corrected chi connectivity index (χ1v) is 5.14. The van der Waals surface area contributed by atoms with Gasteiger partial charge in [-0.3, -0.25) is 14.2 Å². The van der Waals surface area contributed by atoms with Crippen LogP contribution >= 0.6 is 0 Å². The minimum atomic E-state index is 0.0982. The third kappa shape index (κ3) is 1.50. The van der Waals surface area contributed by atoms with Gasteiger partial charge in [-0.2, -0.15) is 0 Å². The van der Waals surface area contributed by atoms with Crippen LogP contribution < -0.4 is 10.9 Å². The van der Waals surface area contributed by atoms with Gasteiger partial charge in [0.05, 0.1) is 0 Å². The SMILES string of the molecule is Cn1c(C2CCNCC2)cc(=O)n1C. The molecule has 4 heteroatoms. The highest BCUT2D eigenvalue weighted by atomic mass is 16.1. The van der Waals surface area contributed by atoms with Crippen LogP contribution in [0.3, 0.4) is 0 Å². The molecule has 1 saturated heterocycles. The van der Waals surface area contributed by atoms with Crippen LogP contribution in [0, 0.1) is 0 Å². The summed E-state index contributed by atoms with van der Waals surface area (Å²) in [7, 11) is 3.77. The monoisotopic (exact) mass is 195 g/mol. The highest BCUT2D eigenvalue weighted by molar-refractivity contribution is 5.09. The molecular weight excluding hydrogens is 178 g/mol. The summed E-state index contributed by atoms with van der Waals surface area (Å²) < 4.78 is 3.63. The van der Waals surface area contributed by atoms with Gasteiger partial charge in [-0.25, -0.2) is 0 Å². The largest absolute Gasteiger partial charge is 0.317 e. The second-order valence-electron chi connectivity index (χ2n) is 3.98. The molecule has 0 radical (unpaired) electrons. The van der Waals surface area contributed by atoms with Crippen molar-refractivity contribution in [2.75, 3.05) is 13.1 Å².